The molecule has 1 aromatic carbocycles. The van der Waals surface area contributed by atoms with Gasteiger partial charge in [-0.2, -0.15) is 5.10 Å². The maximum Gasteiger partial charge on any atom is 0.499 e. The lowest BCUT2D eigenvalue weighted by atomic mass is 9.75. The Morgan fingerprint density at radius 3 is 2.30 bits per heavy atom. The summed E-state index contributed by atoms with van der Waals surface area (Å²) in [5, 5.41) is 4.87. The molecular formula is C20H26BN3O3. The molecule has 2 aliphatic heterocycles. The van der Waals surface area contributed by atoms with Crippen LogP contribution in [0.5, 0.6) is 0 Å². The number of hydrogen-bond donors (Lipinski definition) is 0. The van der Waals surface area contributed by atoms with E-state index in [0.717, 1.165) is 22.4 Å². The second-order valence-corrected chi connectivity index (χ2v) is 8.33. The zero-order valence-electron chi connectivity index (χ0n) is 16.7. The summed E-state index contributed by atoms with van der Waals surface area (Å²) < 4.78 is 14.7. The van der Waals surface area contributed by atoms with Crippen LogP contribution in [0.1, 0.15) is 40.3 Å². The Labute approximate surface area is 160 Å². The molecule has 1 aromatic heterocycles. The summed E-state index contributed by atoms with van der Waals surface area (Å²) >= 11 is 0. The Morgan fingerprint density at radius 2 is 1.70 bits per heavy atom. The molecule has 2 aromatic rings. The molecule has 3 heterocycles. The number of rotatable bonds is 2. The van der Waals surface area contributed by atoms with Crippen molar-refractivity contribution < 1.29 is 14.1 Å². The van der Waals surface area contributed by atoms with Crippen molar-refractivity contribution in [1.82, 2.24) is 14.7 Å². The lowest BCUT2D eigenvalue weighted by molar-refractivity contribution is -0.130. The molecule has 0 saturated carbocycles. The number of nitrogens with zero attached hydrogens (tertiary/aromatic N) is 3. The molecular weight excluding hydrogens is 341 g/mol. The van der Waals surface area contributed by atoms with Crippen LogP contribution >= 0.6 is 0 Å². The first-order chi connectivity index (χ1) is 12.7. The third kappa shape index (κ3) is 2.99. The van der Waals surface area contributed by atoms with Gasteiger partial charge in [-0.25, -0.2) is 0 Å². The quantitative estimate of drug-likeness (QED) is 0.764. The summed E-state index contributed by atoms with van der Waals surface area (Å²) in [4.78, 5) is 13.8. The summed E-state index contributed by atoms with van der Waals surface area (Å²) in [5.74, 6) is 0.0728. The molecule has 0 spiro atoms. The number of benzene rings is 1. The largest absolute Gasteiger partial charge is 0.499 e. The lowest BCUT2D eigenvalue weighted by Gasteiger charge is -2.32. The first kappa shape index (κ1) is 18.3. The van der Waals surface area contributed by atoms with E-state index in [1.807, 2.05) is 67.6 Å². The normalized spacial score (nSPS) is 20.6. The van der Waals surface area contributed by atoms with Crippen LogP contribution in [-0.4, -0.2) is 45.5 Å². The first-order valence-electron chi connectivity index (χ1n) is 9.46. The van der Waals surface area contributed by atoms with Gasteiger partial charge in [0.25, 0.3) is 0 Å². The predicted molar refractivity (Wildman–Crippen MR) is 104 cm³/mol. The molecule has 27 heavy (non-hydrogen) atoms. The number of hydrogen-bond acceptors (Lipinski definition) is 4. The first-order valence-corrected chi connectivity index (χ1v) is 9.46. The van der Waals surface area contributed by atoms with Gasteiger partial charge in [-0.3, -0.25) is 9.48 Å². The van der Waals surface area contributed by atoms with Crippen molar-refractivity contribution in [3.63, 3.8) is 0 Å². The molecule has 4 rings (SSSR count). The fourth-order valence-corrected chi connectivity index (χ4v) is 3.62. The highest BCUT2D eigenvalue weighted by molar-refractivity contribution is 6.64. The predicted octanol–water partition coefficient (Wildman–Crippen LogP) is 2.21. The zero-order chi connectivity index (χ0) is 19.4. The van der Waals surface area contributed by atoms with Crippen molar-refractivity contribution in [2.75, 3.05) is 6.54 Å². The van der Waals surface area contributed by atoms with Gasteiger partial charge in [0.2, 0.25) is 5.91 Å². The zero-order valence-corrected chi connectivity index (χ0v) is 16.7. The summed E-state index contributed by atoms with van der Waals surface area (Å²) in [6.45, 7) is 11.7. The lowest BCUT2D eigenvalue weighted by Crippen LogP contribution is -2.43. The molecule has 0 radical (unpaired) electrons. The summed E-state index contributed by atoms with van der Waals surface area (Å²) in [6, 6.07) is 10.1. The van der Waals surface area contributed by atoms with Crippen LogP contribution in [0.2, 0.25) is 0 Å². The standard InChI is InChI=1S/C20H26BN3O3/c1-14(25)23-11-12-24-16(13-23)17(18(22-24)15-9-7-6-8-10-15)21-26-19(2,3)20(4,5)27-21/h6-10H,11-13H2,1-5H3. The Hall–Kier alpha value is -2.12. The minimum atomic E-state index is -0.513. The van der Waals surface area contributed by atoms with Gasteiger partial charge in [0.05, 0.1) is 35.7 Å². The van der Waals surface area contributed by atoms with Crippen LogP contribution in [0.4, 0.5) is 0 Å². The smallest absolute Gasteiger partial charge is 0.399 e. The molecule has 1 saturated heterocycles. The average Bonchev–Trinajstić information content (AvgIpc) is 3.09. The van der Waals surface area contributed by atoms with E-state index in [4.69, 9.17) is 14.4 Å². The van der Waals surface area contributed by atoms with Crippen LogP contribution in [0.3, 0.4) is 0 Å². The fourth-order valence-electron chi connectivity index (χ4n) is 3.62. The number of aromatic nitrogens is 2. The Balaban J connectivity index is 1.84. The molecule has 0 N–H and O–H groups in total. The average molecular weight is 367 g/mol. The molecule has 1 amide bonds. The molecule has 2 aliphatic rings. The monoisotopic (exact) mass is 367 g/mol. The van der Waals surface area contributed by atoms with Gasteiger partial charge in [-0.15, -0.1) is 0 Å². The second kappa shape index (κ2) is 6.21. The topological polar surface area (TPSA) is 56.6 Å². The van der Waals surface area contributed by atoms with Crippen LogP contribution in [0.15, 0.2) is 30.3 Å². The molecule has 7 heteroatoms. The number of fused-ring (bicyclic) bond motifs is 1. The molecule has 6 nitrogen and oxygen atoms in total. The van der Waals surface area contributed by atoms with Crippen molar-refractivity contribution in [2.24, 2.45) is 0 Å². The third-order valence-corrected chi connectivity index (χ3v) is 6.00. The molecule has 0 bridgehead atoms. The minimum Gasteiger partial charge on any atom is -0.399 e. The molecule has 0 aliphatic carbocycles. The van der Waals surface area contributed by atoms with E-state index in [0.29, 0.717) is 19.6 Å². The second-order valence-electron chi connectivity index (χ2n) is 8.33. The van der Waals surface area contributed by atoms with Gasteiger partial charge in [0, 0.05) is 24.5 Å². The van der Waals surface area contributed by atoms with Crippen molar-refractivity contribution in [3.05, 3.63) is 36.0 Å². The van der Waals surface area contributed by atoms with E-state index in [9.17, 15) is 4.79 Å². The van der Waals surface area contributed by atoms with Crippen LogP contribution in [-0.2, 0) is 27.2 Å². The minimum absolute atomic E-state index is 0.0728. The van der Waals surface area contributed by atoms with Crippen LogP contribution in [0.25, 0.3) is 11.3 Å². The van der Waals surface area contributed by atoms with Gasteiger partial charge >= 0.3 is 7.12 Å². The highest BCUT2D eigenvalue weighted by atomic mass is 16.7. The third-order valence-electron chi connectivity index (χ3n) is 6.00. The highest BCUT2D eigenvalue weighted by Crippen LogP contribution is 2.38. The van der Waals surface area contributed by atoms with Crippen molar-refractivity contribution in [2.45, 2.75) is 58.9 Å². The van der Waals surface area contributed by atoms with Gasteiger partial charge in [0.1, 0.15) is 0 Å². The Bertz CT molecular complexity index is 860. The Morgan fingerprint density at radius 1 is 1.07 bits per heavy atom. The van der Waals surface area contributed by atoms with E-state index in [1.165, 1.54) is 0 Å². The highest BCUT2D eigenvalue weighted by Gasteiger charge is 2.54. The number of carbonyl (C=O) groups is 1. The molecule has 0 atom stereocenters. The van der Waals surface area contributed by atoms with Crippen molar-refractivity contribution >= 4 is 18.5 Å². The summed E-state index contributed by atoms with van der Waals surface area (Å²) in [7, 11) is -0.513. The number of amides is 1. The van der Waals surface area contributed by atoms with E-state index in [2.05, 4.69) is 0 Å². The summed E-state index contributed by atoms with van der Waals surface area (Å²) in [6.07, 6.45) is 0. The van der Waals surface area contributed by atoms with E-state index < -0.39 is 18.3 Å². The van der Waals surface area contributed by atoms with Crippen LogP contribution < -0.4 is 5.46 Å². The van der Waals surface area contributed by atoms with Gasteiger partial charge in [0.15, 0.2) is 0 Å². The van der Waals surface area contributed by atoms with Gasteiger partial charge in [-0.05, 0) is 27.7 Å². The van der Waals surface area contributed by atoms with E-state index in [1.54, 1.807) is 6.92 Å². The maximum absolute atomic E-state index is 12.0. The molecule has 142 valence electrons. The van der Waals surface area contributed by atoms with E-state index in [-0.39, 0.29) is 5.91 Å². The van der Waals surface area contributed by atoms with Crippen molar-refractivity contribution in [3.8, 4) is 11.3 Å². The SMILES string of the molecule is CC(=O)N1CCn2nc(-c3ccccc3)c(B3OC(C)(C)C(C)(C)O3)c2C1. The summed E-state index contributed by atoms with van der Waals surface area (Å²) in [5.41, 5.74) is 2.96. The van der Waals surface area contributed by atoms with Gasteiger partial charge < -0.3 is 14.2 Å². The maximum atomic E-state index is 12.0. The fraction of sp³-hybridized carbons (Fsp3) is 0.500. The van der Waals surface area contributed by atoms with Gasteiger partial charge in [-0.1, -0.05) is 30.3 Å². The molecule has 0 unspecified atom stereocenters. The Kier molecular flexibility index (Phi) is 4.20. The number of carbonyl (C=O) groups excluding carboxylic acids is 1. The molecule has 1 fully saturated rings. The van der Waals surface area contributed by atoms with Crippen LogP contribution in [0, 0.1) is 0 Å². The van der Waals surface area contributed by atoms with E-state index >= 15 is 0 Å². The van der Waals surface area contributed by atoms with Crippen molar-refractivity contribution in [1.29, 1.82) is 0 Å².